The van der Waals surface area contributed by atoms with Crippen LogP contribution in [0.15, 0.2) is 42.6 Å². The summed E-state index contributed by atoms with van der Waals surface area (Å²) in [7, 11) is 0. The molecule has 1 saturated heterocycles. The van der Waals surface area contributed by atoms with Crippen molar-refractivity contribution >= 4 is 22.7 Å². The first-order chi connectivity index (χ1) is 11.2. The number of aromatic amines is 1. The molecule has 2 aliphatic rings. The molecule has 4 nitrogen and oxygen atoms in total. The third kappa shape index (κ3) is 2.21. The smallest absolute Gasteiger partial charge is 0.233 e. The molecule has 1 fully saturated rings. The Kier molecular flexibility index (Phi) is 3.33. The van der Waals surface area contributed by atoms with Crippen LogP contribution in [-0.2, 0) is 16.0 Å². The third-order valence-electron chi connectivity index (χ3n) is 5.17. The van der Waals surface area contributed by atoms with Gasteiger partial charge >= 0.3 is 0 Å². The fraction of sp³-hybridized carbons (Fsp3) is 0.368. The van der Waals surface area contributed by atoms with Gasteiger partial charge in [-0.3, -0.25) is 14.5 Å². The molecule has 4 rings (SSSR count). The van der Waals surface area contributed by atoms with Crippen LogP contribution in [0.25, 0.3) is 10.9 Å². The molecule has 23 heavy (non-hydrogen) atoms. The van der Waals surface area contributed by atoms with E-state index in [0.29, 0.717) is 19.3 Å². The molecule has 1 N–H and O–H groups in total. The van der Waals surface area contributed by atoms with Crippen molar-refractivity contribution in [2.75, 3.05) is 0 Å². The Morgan fingerprint density at radius 3 is 2.48 bits per heavy atom. The Bertz CT molecular complexity index is 779. The Labute approximate surface area is 135 Å². The van der Waals surface area contributed by atoms with Crippen molar-refractivity contribution in [3.63, 3.8) is 0 Å². The number of nitrogens with zero attached hydrogens (tertiary/aromatic N) is 1. The van der Waals surface area contributed by atoms with Gasteiger partial charge < -0.3 is 4.98 Å². The van der Waals surface area contributed by atoms with Crippen LogP contribution >= 0.6 is 0 Å². The normalized spacial score (nSPS) is 25.2. The Morgan fingerprint density at radius 1 is 1.13 bits per heavy atom. The molecule has 0 saturated carbocycles. The lowest BCUT2D eigenvalue weighted by atomic mass is 9.85. The molecule has 1 aliphatic carbocycles. The predicted molar refractivity (Wildman–Crippen MR) is 88.7 cm³/mol. The van der Waals surface area contributed by atoms with E-state index >= 15 is 0 Å². The number of allylic oxidation sites excluding steroid dienone is 2. The van der Waals surface area contributed by atoms with Gasteiger partial charge in [-0.25, -0.2) is 0 Å². The summed E-state index contributed by atoms with van der Waals surface area (Å²) in [6.07, 6.45) is 8.13. The second kappa shape index (κ2) is 5.37. The van der Waals surface area contributed by atoms with E-state index in [0.717, 1.165) is 16.5 Å². The van der Waals surface area contributed by atoms with Crippen molar-refractivity contribution in [3.8, 4) is 0 Å². The maximum Gasteiger partial charge on any atom is 0.233 e. The molecule has 1 aromatic heterocycles. The monoisotopic (exact) mass is 308 g/mol. The number of benzene rings is 1. The second-order valence-electron chi connectivity index (χ2n) is 6.61. The molecular formula is C19H20N2O2. The highest BCUT2D eigenvalue weighted by atomic mass is 16.2. The number of hydrogen-bond acceptors (Lipinski definition) is 2. The number of likely N-dealkylation sites (tertiary alicyclic amines) is 1. The first-order valence-corrected chi connectivity index (χ1v) is 8.23. The molecule has 2 aromatic rings. The van der Waals surface area contributed by atoms with Crippen LogP contribution in [0.5, 0.6) is 0 Å². The van der Waals surface area contributed by atoms with Gasteiger partial charge in [-0.1, -0.05) is 30.4 Å². The molecule has 2 heterocycles. The minimum Gasteiger partial charge on any atom is -0.361 e. The Hall–Kier alpha value is -2.36. The van der Waals surface area contributed by atoms with Gasteiger partial charge in [0.25, 0.3) is 0 Å². The van der Waals surface area contributed by atoms with Crippen LogP contribution in [-0.4, -0.2) is 27.7 Å². The van der Waals surface area contributed by atoms with Crippen LogP contribution in [0, 0.1) is 11.8 Å². The van der Waals surface area contributed by atoms with E-state index in [9.17, 15) is 9.59 Å². The summed E-state index contributed by atoms with van der Waals surface area (Å²) in [5.74, 6) is -0.260. The first kappa shape index (κ1) is 14.2. The molecule has 3 atom stereocenters. The number of carbonyl (C=O) groups is 2. The van der Waals surface area contributed by atoms with Crippen molar-refractivity contribution in [3.05, 3.63) is 48.2 Å². The zero-order valence-electron chi connectivity index (χ0n) is 13.2. The number of para-hydroxylation sites is 1. The summed E-state index contributed by atoms with van der Waals surface area (Å²) in [5, 5.41) is 1.16. The Balaban J connectivity index is 1.58. The minimum atomic E-state index is -0.141. The summed E-state index contributed by atoms with van der Waals surface area (Å²) in [4.78, 5) is 30.1. The van der Waals surface area contributed by atoms with E-state index < -0.39 is 0 Å². The number of nitrogens with one attached hydrogen (secondary N) is 1. The van der Waals surface area contributed by atoms with E-state index in [1.54, 1.807) is 0 Å². The SMILES string of the molecule is CC(Cc1c[nH]c2ccccc12)N1C(=O)[C@H]2CC=CC[C@H]2C1=O. The molecule has 118 valence electrons. The topological polar surface area (TPSA) is 53.2 Å². The largest absolute Gasteiger partial charge is 0.361 e. The van der Waals surface area contributed by atoms with E-state index in [1.807, 2.05) is 43.5 Å². The number of fused-ring (bicyclic) bond motifs is 2. The second-order valence-corrected chi connectivity index (χ2v) is 6.61. The summed E-state index contributed by atoms with van der Waals surface area (Å²) in [6.45, 7) is 1.97. The summed E-state index contributed by atoms with van der Waals surface area (Å²) in [5.41, 5.74) is 2.24. The molecule has 1 aliphatic heterocycles. The van der Waals surface area contributed by atoms with E-state index in [-0.39, 0.29) is 29.7 Å². The maximum absolute atomic E-state index is 12.6. The number of imide groups is 1. The standard InChI is InChI=1S/C19H20N2O2/c1-12(10-13-11-20-17-9-5-4-6-14(13)17)21-18(22)15-7-2-3-8-16(15)19(21)23/h2-6,9,11-12,15-16,20H,7-8,10H2,1H3/t12?,15-,16+. The molecule has 0 radical (unpaired) electrons. The Morgan fingerprint density at radius 2 is 1.78 bits per heavy atom. The summed E-state index contributed by atoms with van der Waals surface area (Å²) in [6, 6.07) is 8.01. The highest BCUT2D eigenvalue weighted by Gasteiger charge is 2.48. The van der Waals surface area contributed by atoms with Gasteiger partial charge in [-0.05, 0) is 37.8 Å². The number of H-pyrrole nitrogens is 1. The van der Waals surface area contributed by atoms with E-state index in [1.165, 1.54) is 4.90 Å². The molecule has 1 unspecified atom stereocenters. The van der Waals surface area contributed by atoms with Crippen molar-refractivity contribution in [1.82, 2.24) is 9.88 Å². The highest BCUT2D eigenvalue weighted by Crippen LogP contribution is 2.36. The average molecular weight is 308 g/mol. The number of hydrogen-bond donors (Lipinski definition) is 1. The van der Waals surface area contributed by atoms with Gasteiger partial charge in [0.15, 0.2) is 0 Å². The predicted octanol–water partition coefficient (Wildman–Crippen LogP) is 3.05. The average Bonchev–Trinajstić information content (AvgIpc) is 3.08. The number of aromatic nitrogens is 1. The van der Waals surface area contributed by atoms with Gasteiger partial charge in [0, 0.05) is 23.1 Å². The fourth-order valence-electron chi connectivity index (χ4n) is 3.97. The van der Waals surface area contributed by atoms with Crippen molar-refractivity contribution in [2.24, 2.45) is 11.8 Å². The zero-order chi connectivity index (χ0) is 16.0. The van der Waals surface area contributed by atoms with Gasteiger partial charge in [0.2, 0.25) is 11.8 Å². The van der Waals surface area contributed by atoms with Crippen LogP contribution in [0.2, 0.25) is 0 Å². The van der Waals surface area contributed by atoms with Crippen molar-refractivity contribution in [2.45, 2.75) is 32.2 Å². The van der Waals surface area contributed by atoms with Gasteiger partial charge in [-0.2, -0.15) is 0 Å². The molecule has 2 amide bonds. The molecular weight excluding hydrogens is 288 g/mol. The van der Waals surface area contributed by atoms with Crippen LogP contribution in [0.1, 0.15) is 25.3 Å². The minimum absolute atomic E-state index is 0.0108. The molecule has 0 spiro atoms. The zero-order valence-corrected chi connectivity index (χ0v) is 13.2. The molecule has 0 bridgehead atoms. The van der Waals surface area contributed by atoms with Crippen LogP contribution in [0.4, 0.5) is 0 Å². The summed E-state index contributed by atoms with van der Waals surface area (Å²) >= 11 is 0. The lowest BCUT2D eigenvalue weighted by Crippen LogP contribution is -2.40. The fourth-order valence-corrected chi connectivity index (χ4v) is 3.97. The van der Waals surface area contributed by atoms with Crippen LogP contribution < -0.4 is 0 Å². The van der Waals surface area contributed by atoms with E-state index in [4.69, 9.17) is 0 Å². The van der Waals surface area contributed by atoms with Gasteiger partial charge in [0.05, 0.1) is 11.8 Å². The number of rotatable bonds is 3. The number of carbonyl (C=O) groups excluding carboxylic acids is 2. The summed E-state index contributed by atoms with van der Waals surface area (Å²) < 4.78 is 0. The van der Waals surface area contributed by atoms with Crippen LogP contribution in [0.3, 0.4) is 0 Å². The van der Waals surface area contributed by atoms with E-state index in [2.05, 4.69) is 11.1 Å². The van der Waals surface area contributed by atoms with Crippen molar-refractivity contribution < 1.29 is 9.59 Å². The molecule has 1 aromatic carbocycles. The molecule has 4 heteroatoms. The lowest BCUT2D eigenvalue weighted by molar-refractivity contribution is -0.142. The highest BCUT2D eigenvalue weighted by molar-refractivity contribution is 6.05. The first-order valence-electron chi connectivity index (χ1n) is 8.23. The quantitative estimate of drug-likeness (QED) is 0.700. The lowest BCUT2D eigenvalue weighted by Gasteiger charge is -2.23. The van der Waals surface area contributed by atoms with Crippen molar-refractivity contribution in [1.29, 1.82) is 0 Å². The number of amides is 2. The van der Waals surface area contributed by atoms with Gasteiger partial charge in [0.1, 0.15) is 0 Å². The maximum atomic E-state index is 12.6. The van der Waals surface area contributed by atoms with Gasteiger partial charge in [-0.15, -0.1) is 0 Å². The third-order valence-corrected chi connectivity index (χ3v) is 5.17.